The molecule has 1 aliphatic rings. The van der Waals surface area contributed by atoms with Gasteiger partial charge < -0.3 is 19.3 Å². The molecule has 2 amide bonds. The van der Waals surface area contributed by atoms with E-state index in [1.54, 1.807) is 0 Å². The third-order valence-electron chi connectivity index (χ3n) is 8.61. The molecule has 6 nitrogen and oxygen atoms in total. The SMILES string of the molecule is C[C@@H]1C[C@H](N(C(=O)COc2ccc3ccccc3c2)c2ccccc2)c2ccccc2N1C(=O)COc1ccc2ccccc2c1. The number of hydrogen-bond donors (Lipinski definition) is 0. The number of carbonyl (C=O) groups is 2. The molecule has 0 saturated carbocycles. The molecule has 1 heterocycles. The Balaban J connectivity index is 1.14. The number of rotatable bonds is 8. The van der Waals surface area contributed by atoms with Crippen LogP contribution in [0.25, 0.3) is 21.5 Å². The maximum absolute atomic E-state index is 14.1. The second-order valence-corrected chi connectivity index (χ2v) is 11.6. The molecule has 1 aliphatic heterocycles. The van der Waals surface area contributed by atoms with Gasteiger partial charge in [-0.05, 0) is 82.9 Å². The molecule has 0 aliphatic carbocycles. The van der Waals surface area contributed by atoms with Crippen LogP contribution in [0.5, 0.6) is 11.5 Å². The van der Waals surface area contributed by atoms with Crippen LogP contribution in [0, 0.1) is 0 Å². The monoisotopic (exact) mass is 606 g/mol. The molecule has 0 fully saturated rings. The minimum atomic E-state index is -0.299. The molecule has 0 radical (unpaired) electrons. The van der Waals surface area contributed by atoms with Gasteiger partial charge in [0.2, 0.25) is 0 Å². The first-order valence-electron chi connectivity index (χ1n) is 15.6. The fourth-order valence-corrected chi connectivity index (χ4v) is 6.44. The largest absolute Gasteiger partial charge is 0.484 e. The Hall–Kier alpha value is -5.62. The Morgan fingerprint density at radius 1 is 0.652 bits per heavy atom. The summed E-state index contributed by atoms with van der Waals surface area (Å²) in [6.45, 7) is 1.81. The lowest BCUT2D eigenvalue weighted by atomic mass is 9.90. The fourth-order valence-electron chi connectivity index (χ4n) is 6.44. The van der Waals surface area contributed by atoms with Gasteiger partial charge in [-0.25, -0.2) is 0 Å². The quantitative estimate of drug-likeness (QED) is 0.175. The van der Waals surface area contributed by atoms with Crippen molar-refractivity contribution < 1.29 is 19.1 Å². The average molecular weight is 607 g/mol. The van der Waals surface area contributed by atoms with E-state index in [0.29, 0.717) is 17.9 Å². The van der Waals surface area contributed by atoms with Crippen LogP contribution >= 0.6 is 0 Å². The summed E-state index contributed by atoms with van der Waals surface area (Å²) in [5.41, 5.74) is 2.46. The van der Waals surface area contributed by atoms with E-state index < -0.39 is 0 Å². The number of ether oxygens (including phenoxy) is 2. The van der Waals surface area contributed by atoms with Crippen molar-refractivity contribution in [2.45, 2.75) is 25.4 Å². The Bertz CT molecular complexity index is 2030. The molecule has 228 valence electrons. The van der Waals surface area contributed by atoms with Gasteiger partial charge in [0.15, 0.2) is 13.2 Å². The molecule has 7 rings (SSSR count). The van der Waals surface area contributed by atoms with Crippen molar-refractivity contribution in [2.24, 2.45) is 0 Å². The highest BCUT2D eigenvalue weighted by atomic mass is 16.5. The number of para-hydroxylation sites is 2. The van der Waals surface area contributed by atoms with E-state index in [9.17, 15) is 9.59 Å². The number of anilines is 2. The zero-order valence-corrected chi connectivity index (χ0v) is 25.6. The van der Waals surface area contributed by atoms with E-state index in [2.05, 4.69) is 0 Å². The predicted molar refractivity (Wildman–Crippen MR) is 184 cm³/mol. The van der Waals surface area contributed by atoms with Crippen molar-refractivity contribution in [3.8, 4) is 11.5 Å². The number of amides is 2. The van der Waals surface area contributed by atoms with Gasteiger partial charge in [-0.15, -0.1) is 0 Å². The first kappa shape index (κ1) is 29.1. The second kappa shape index (κ2) is 12.8. The number of nitrogens with zero attached hydrogens (tertiary/aromatic N) is 2. The van der Waals surface area contributed by atoms with Crippen LogP contribution in [0.1, 0.15) is 24.9 Å². The third kappa shape index (κ3) is 5.89. The molecule has 2 atom stereocenters. The van der Waals surface area contributed by atoms with Crippen LogP contribution < -0.4 is 19.3 Å². The van der Waals surface area contributed by atoms with Crippen molar-refractivity contribution in [3.05, 3.63) is 145 Å². The molecular formula is C40H34N2O4. The van der Waals surface area contributed by atoms with Gasteiger partial charge in [0.1, 0.15) is 11.5 Å². The summed E-state index contributed by atoms with van der Waals surface area (Å²) in [7, 11) is 0. The van der Waals surface area contributed by atoms with E-state index in [0.717, 1.165) is 38.5 Å². The molecule has 6 aromatic rings. The Labute approximate surface area is 268 Å². The van der Waals surface area contributed by atoms with Crippen molar-refractivity contribution in [2.75, 3.05) is 23.0 Å². The maximum Gasteiger partial charge on any atom is 0.265 e. The van der Waals surface area contributed by atoms with Gasteiger partial charge in [-0.2, -0.15) is 0 Å². The van der Waals surface area contributed by atoms with Crippen molar-refractivity contribution in [3.63, 3.8) is 0 Å². The summed E-state index contributed by atoms with van der Waals surface area (Å²) in [6.07, 6.45) is 0.551. The van der Waals surface area contributed by atoms with E-state index in [1.807, 2.05) is 156 Å². The lowest BCUT2D eigenvalue weighted by molar-refractivity contribution is -0.121. The first-order chi connectivity index (χ1) is 22.5. The van der Waals surface area contributed by atoms with Gasteiger partial charge in [-0.3, -0.25) is 9.59 Å². The fraction of sp³-hybridized carbons (Fsp3) is 0.150. The number of carbonyl (C=O) groups excluding carboxylic acids is 2. The van der Waals surface area contributed by atoms with Crippen LogP contribution in [0.4, 0.5) is 11.4 Å². The predicted octanol–water partition coefficient (Wildman–Crippen LogP) is 8.35. The minimum absolute atomic E-state index is 0.0946. The zero-order valence-electron chi connectivity index (χ0n) is 25.6. The van der Waals surface area contributed by atoms with Crippen LogP contribution in [0.2, 0.25) is 0 Å². The van der Waals surface area contributed by atoms with Crippen molar-refractivity contribution in [1.29, 1.82) is 0 Å². The normalized spacial score (nSPS) is 15.7. The van der Waals surface area contributed by atoms with E-state index in [1.165, 1.54) is 0 Å². The zero-order chi connectivity index (χ0) is 31.5. The molecule has 46 heavy (non-hydrogen) atoms. The highest BCUT2D eigenvalue weighted by Crippen LogP contribution is 2.42. The van der Waals surface area contributed by atoms with Gasteiger partial charge in [0, 0.05) is 17.4 Å². The van der Waals surface area contributed by atoms with E-state index in [-0.39, 0.29) is 37.1 Å². The lowest BCUT2D eigenvalue weighted by Crippen LogP contribution is -2.49. The van der Waals surface area contributed by atoms with Gasteiger partial charge in [-0.1, -0.05) is 97.1 Å². The second-order valence-electron chi connectivity index (χ2n) is 11.6. The van der Waals surface area contributed by atoms with Gasteiger partial charge in [0.05, 0.1) is 6.04 Å². The van der Waals surface area contributed by atoms with Crippen LogP contribution in [-0.4, -0.2) is 31.1 Å². The van der Waals surface area contributed by atoms with Gasteiger partial charge >= 0.3 is 0 Å². The highest BCUT2D eigenvalue weighted by Gasteiger charge is 2.38. The standard InChI is InChI=1S/C40H34N2O4/c1-28-23-38(42(33-15-3-2-4-16-33)40(44)27-46-35-22-20-30-12-6-8-14-32(30)25-35)36-17-9-10-18-37(36)41(28)39(43)26-45-34-21-19-29-11-5-7-13-31(29)24-34/h2-22,24-25,28,38H,23,26-27H2,1H3/t28-,38+/m1/s1. The maximum atomic E-state index is 14.1. The molecule has 0 bridgehead atoms. The van der Waals surface area contributed by atoms with Crippen LogP contribution in [-0.2, 0) is 9.59 Å². The van der Waals surface area contributed by atoms with Crippen molar-refractivity contribution >= 4 is 44.7 Å². The number of hydrogen-bond acceptors (Lipinski definition) is 4. The van der Waals surface area contributed by atoms with Crippen LogP contribution in [0.15, 0.2) is 140 Å². The summed E-state index contributed by atoms with van der Waals surface area (Å²) in [4.78, 5) is 31.4. The summed E-state index contributed by atoms with van der Waals surface area (Å²) >= 11 is 0. The summed E-state index contributed by atoms with van der Waals surface area (Å²) in [6, 6.07) is 44.8. The Kier molecular flexibility index (Phi) is 8.09. The molecule has 6 aromatic carbocycles. The van der Waals surface area contributed by atoms with Crippen LogP contribution in [0.3, 0.4) is 0 Å². The number of benzene rings is 6. The minimum Gasteiger partial charge on any atom is -0.484 e. The summed E-state index contributed by atoms with van der Waals surface area (Å²) in [5.74, 6) is 0.991. The smallest absolute Gasteiger partial charge is 0.265 e. The molecule has 0 aromatic heterocycles. The van der Waals surface area contributed by atoms with Gasteiger partial charge in [0.25, 0.3) is 11.8 Å². The molecule has 6 heteroatoms. The van der Waals surface area contributed by atoms with E-state index in [4.69, 9.17) is 9.47 Å². The molecular weight excluding hydrogens is 572 g/mol. The molecule has 0 spiro atoms. The molecule has 0 saturated heterocycles. The summed E-state index contributed by atoms with van der Waals surface area (Å²) in [5, 5.41) is 4.34. The Morgan fingerprint density at radius 3 is 1.85 bits per heavy atom. The lowest BCUT2D eigenvalue weighted by Gasteiger charge is -2.43. The third-order valence-corrected chi connectivity index (χ3v) is 8.61. The number of fused-ring (bicyclic) bond motifs is 3. The topological polar surface area (TPSA) is 59.1 Å². The first-order valence-corrected chi connectivity index (χ1v) is 15.6. The molecule has 0 N–H and O–H groups in total. The Morgan fingerprint density at radius 2 is 1.20 bits per heavy atom. The van der Waals surface area contributed by atoms with E-state index >= 15 is 0 Å². The summed E-state index contributed by atoms with van der Waals surface area (Å²) < 4.78 is 12.1. The molecule has 0 unspecified atom stereocenters. The average Bonchev–Trinajstić information content (AvgIpc) is 3.10. The highest BCUT2D eigenvalue weighted by molar-refractivity contribution is 5.99. The van der Waals surface area contributed by atoms with Crippen molar-refractivity contribution in [1.82, 2.24) is 0 Å².